The summed E-state index contributed by atoms with van der Waals surface area (Å²) in [4.78, 5) is 10.6. The number of carbonyl (C=O) groups is 1. The summed E-state index contributed by atoms with van der Waals surface area (Å²) in [5.74, 6) is -1.18. The van der Waals surface area contributed by atoms with E-state index >= 15 is 0 Å². The molecular weight excluding hydrogens is 230 g/mol. The molecule has 0 radical (unpaired) electrons. The molecule has 0 aliphatic heterocycles. The lowest BCUT2D eigenvalue weighted by molar-refractivity contribution is 0.0685. The van der Waals surface area contributed by atoms with Gasteiger partial charge in [0.05, 0.1) is 0 Å². The van der Waals surface area contributed by atoms with E-state index in [9.17, 15) is 13.2 Å². The van der Waals surface area contributed by atoms with Gasteiger partial charge in [0.2, 0.25) is 0 Å². The van der Waals surface area contributed by atoms with Crippen molar-refractivity contribution in [3.8, 4) is 0 Å². The van der Waals surface area contributed by atoms with Crippen molar-refractivity contribution < 1.29 is 18.3 Å². The van der Waals surface area contributed by atoms with Crippen molar-refractivity contribution in [3.63, 3.8) is 0 Å². The topological polar surface area (TPSA) is 76.4 Å². The smallest absolute Gasteiger partial charge is 0.352 e. The lowest BCUT2D eigenvalue weighted by atomic mass is 10.3. The van der Waals surface area contributed by atoms with E-state index in [0.29, 0.717) is 0 Å². The van der Waals surface area contributed by atoms with E-state index in [2.05, 4.69) is 0 Å². The highest BCUT2D eigenvalue weighted by Gasteiger charge is 2.23. The van der Waals surface area contributed by atoms with Gasteiger partial charge in [-0.25, -0.2) is 13.2 Å². The third kappa shape index (κ3) is 1.76. The van der Waals surface area contributed by atoms with Crippen molar-refractivity contribution in [1.82, 2.24) is 4.57 Å². The quantitative estimate of drug-likeness (QED) is 0.778. The van der Waals surface area contributed by atoms with Gasteiger partial charge in [0, 0.05) is 29.5 Å². The van der Waals surface area contributed by atoms with Gasteiger partial charge >= 0.3 is 5.97 Å². The molecule has 0 atom stereocenters. The van der Waals surface area contributed by atoms with Crippen molar-refractivity contribution in [2.24, 2.45) is 7.05 Å². The molecule has 1 heterocycles. The average molecular weight is 238 g/mol. The highest BCUT2D eigenvalue weighted by Crippen LogP contribution is 2.23. The maximum absolute atomic E-state index is 11.0. The summed E-state index contributed by atoms with van der Waals surface area (Å²) in [6.45, 7) is 1.40. The van der Waals surface area contributed by atoms with E-state index in [1.54, 1.807) is 0 Å². The fourth-order valence-corrected chi connectivity index (χ4v) is 2.49. The number of halogens is 1. The maximum Gasteiger partial charge on any atom is 0.352 e. The van der Waals surface area contributed by atoms with Crippen LogP contribution in [0.4, 0.5) is 0 Å². The lowest BCUT2D eigenvalue weighted by Gasteiger charge is -1.96. The van der Waals surface area contributed by atoms with Gasteiger partial charge in [-0.1, -0.05) is 0 Å². The predicted octanol–water partition coefficient (Wildman–Crippen LogP) is 0.959. The molecule has 0 fully saturated rings. The first-order valence-corrected chi connectivity index (χ1v) is 5.90. The van der Waals surface area contributed by atoms with Crippen LogP contribution in [-0.4, -0.2) is 24.1 Å². The predicted molar refractivity (Wildman–Crippen MR) is 50.1 cm³/mol. The molecule has 0 saturated heterocycles. The lowest BCUT2D eigenvalue weighted by Crippen LogP contribution is -2.05. The van der Waals surface area contributed by atoms with Gasteiger partial charge in [-0.15, -0.1) is 0 Å². The first-order valence-electron chi connectivity index (χ1n) is 3.59. The summed E-state index contributed by atoms with van der Waals surface area (Å²) >= 11 is 0. The van der Waals surface area contributed by atoms with Gasteiger partial charge in [-0.2, -0.15) is 0 Å². The van der Waals surface area contributed by atoms with Crippen LogP contribution in [0.25, 0.3) is 0 Å². The minimum absolute atomic E-state index is 0.0794. The second-order valence-electron chi connectivity index (χ2n) is 2.82. The number of carboxylic acid groups (broad SMARTS) is 1. The Morgan fingerprint density at radius 3 is 2.29 bits per heavy atom. The summed E-state index contributed by atoms with van der Waals surface area (Å²) in [7, 11) is 2.69. The molecule has 1 aromatic heterocycles. The third-order valence-corrected chi connectivity index (χ3v) is 3.29. The molecule has 0 spiro atoms. The number of nitrogens with zero attached hydrogens (tertiary/aromatic N) is 1. The summed E-state index contributed by atoms with van der Waals surface area (Å²) in [5, 5.41) is 8.77. The van der Waals surface area contributed by atoms with Gasteiger partial charge in [0.25, 0.3) is 9.05 Å². The van der Waals surface area contributed by atoms with E-state index in [0.717, 1.165) is 0 Å². The van der Waals surface area contributed by atoms with Crippen LogP contribution in [0.2, 0.25) is 0 Å². The van der Waals surface area contributed by atoms with Crippen LogP contribution in [-0.2, 0) is 16.1 Å². The Labute approximate surface area is 85.3 Å². The fourth-order valence-electron chi connectivity index (χ4n) is 1.28. The Kier molecular flexibility index (Phi) is 2.60. The zero-order chi connectivity index (χ0) is 11.1. The first kappa shape index (κ1) is 11.1. The first-order chi connectivity index (χ1) is 6.25. The zero-order valence-electron chi connectivity index (χ0n) is 7.48. The van der Waals surface area contributed by atoms with Crippen LogP contribution in [0.5, 0.6) is 0 Å². The summed E-state index contributed by atoms with van der Waals surface area (Å²) in [6, 6.07) is 0. The Morgan fingerprint density at radius 2 is 2.07 bits per heavy atom. The maximum atomic E-state index is 11.0. The normalized spacial score (nSPS) is 11.6. The van der Waals surface area contributed by atoms with E-state index in [4.69, 9.17) is 15.8 Å². The molecular formula is C7H8ClNO4S. The fraction of sp³-hybridized carbons (Fsp3) is 0.286. The highest BCUT2D eigenvalue weighted by molar-refractivity contribution is 8.13. The molecule has 0 aliphatic rings. The molecule has 1 aromatic rings. The second kappa shape index (κ2) is 3.29. The Morgan fingerprint density at radius 1 is 1.57 bits per heavy atom. The third-order valence-electron chi connectivity index (χ3n) is 1.85. The molecule has 0 saturated carbocycles. The molecule has 78 valence electrons. The number of aromatic nitrogens is 1. The van der Waals surface area contributed by atoms with Crippen molar-refractivity contribution in [2.75, 3.05) is 0 Å². The van der Waals surface area contributed by atoms with Gasteiger partial charge in [-0.05, 0) is 6.92 Å². The van der Waals surface area contributed by atoms with Crippen molar-refractivity contribution in [3.05, 3.63) is 17.5 Å². The SMILES string of the molecule is Cc1c(S(=O)(=O)Cl)cn(C)c1C(=O)O. The molecule has 14 heavy (non-hydrogen) atoms. The molecule has 5 nitrogen and oxygen atoms in total. The van der Waals surface area contributed by atoms with Crippen LogP contribution in [0, 0.1) is 6.92 Å². The van der Waals surface area contributed by atoms with Crippen molar-refractivity contribution in [2.45, 2.75) is 11.8 Å². The van der Waals surface area contributed by atoms with Gasteiger partial charge < -0.3 is 9.67 Å². The molecule has 7 heteroatoms. The molecule has 0 unspecified atom stereocenters. The molecule has 1 rings (SSSR count). The Balaban J connectivity index is 3.55. The second-order valence-corrected chi connectivity index (χ2v) is 5.36. The number of hydrogen-bond donors (Lipinski definition) is 1. The molecule has 1 N–H and O–H groups in total. The number of rotatable bonds is 2. The molecule has 0 amide bonds. The van der Waals surface area contributed by atoms with E-state index in [1.807, 2.05) is 0 Å². The molecule has 0 bridgehead atoms. The summed E-state index contributed by atoms with van der Waals surface area (Å²) in [5.41, 5.74) is 0.0687. The minimum atomic E-state index is -3.88. The van der Waals surface area contributed by atoms with Gasteiger partial charge in [0.1, 0.15) is 10.6 Å². The van der Waals surface area contributed by atoms with Crippen LogP contribution in [0.3, 0.4) is 0 Å². The van der Waals surface area contributed by atoms with Gasteiger partial charge in [-0.3, -0.25) is 0 Å². The van der Waals surface area contributed by atoms with Crippen LogP contribution >= 0.6 is 10.7 Å². The van der Waals surface area contributed by atoms with Crippen LogP contribution in [0.15, 0.2) is 11.1 Å². The number of carboxylic acids is 1. The monoisotopic (exact) mass is 237 g/mol. The Hall–Kier alpha value is -1.01. The molecule has 0 aromatic carbocycles. The summed E-state index contributed by atoms with van der Waals surface area (Å²) < 4.78 is 23.2. The number of aryl methyl sites for hydroxylation is 1. The Bertz CT molecular complexity index is 488. The average Bonchev–Trinajstić information content (AvgIpc) is 2.24. The molecule has 0 aliphatic carbocycles. The zero-order valence-corrected chi connectivity index (χ0v) is 9.06. The van der Waals surface area contributed by atoms with Crippen molar-refractivity contribution in [1.29, 1.82) is 0 Å². The number of aromatic carboxylic acids is 1. The van der Waals surface area contributed by atoms with Crippen molar-refractivity contribution >= 4 is 25.7 Å². The highest BCUT2D eigenvalue weighted by atomic mass is 35.7. The van der Waals surface area contributed by atoms with Crippen LogP contribution < -0.4 is 0 Å². The largest absolute Gasteiger partial charge is 0.477 e. The van der Waals surface area contributed by atoms with E-state index in [-0.39, 0.29) is 16.2 Å². The van der Waals surface area contributed by atoms with E-state index < -0.39 is 15.0 Å². The van der Waals surface area contributed by atoms with E-state index in [1.165, 1.54) is 24.7 Å². The standard InChI is InChI=1S/C7H8ClNO4S/c1-4-5(14(8,12)13)3-9(2)6(4)7(10)11/h3H,1-2H3,(H,10,11). The summed E-state index contributed by atoms with van der Waals surface area (Å²) in [6.07, 6.45) is 1.18. The number of hydrogen-bond acceptors (Lipinski definition) is 3. The van der Waals surface area contributed by atoms with Gasteiger partial charge in [0.15, 0.2) is 0 Å². The minimum Gasteiger partial charge on any atom is -0.477 e. The van der Waals surface area contributed by atoms with Crippen LogP contribution in [0.1, 0.15) is 16.1 Å².